The minimum Gasteiger partial charge on any atom is -0.497 e. The van der Waals surface area contributed by atoms with Gasteiger partial charge in [-0.3, -0.25) is 19.3 Å². The number of halogens is 5. The molecule has 4 aromatic carbocycles. The molecule has 63 heavy (non-hydrogen) atoms. The molecule has 0 saturated carbocycles. The molecular weight excluding hydrogens is 838 g/mol. The zero-order chi connectivity index (χ0) is 46.2. The maximum atomic E-state index is 15.3. The van der Waals surface area contributed by atoms with Crippen molar-refractivity contribution in [3.63, 3.8) is 0 Å². The van der Waals surface area contributed by atoms with Gasteiger partial charge in [0.15, 0.2) is 0 Å². The van der Waals surface area contributed by atoms with Crippen molar-refractivity contribution in [1.82, 2.24) is 26.2 Å². The number of carbonyl (C=O) groups excluding carboxylic acids is 4. The van der Waals surface area contributed by atoms with E-state index in [0.717, 1.165) is 23.6 Å². The van der Waals surface area contributed by atoms with E-state index in [2.05, 4.69) is 16.0 Å². The number of benzene rings is 4. The molecule has 19 heteroatoms. The fraction of sp³-hybridized carbons (Fsp3) is 0.341. The number of aliphatic hydroxyl groups is 1. The van der Waals surface area contributed by atoms with E-state index < -0.39 is 84.7 Å². The number of alkyl halides is 5. The van der Waals surface area contributed by atoms with Crippen LogP contribution in [-0.4, -0.2) is 96.1 Å². The van der Waals surface area contributed by atoms with E-state index in [0.29, 0.717) is 28.0 Å². The summed E-state index contributed by atoms with van der Waals surface area (Å²) in [6.45, 7) is 0.484. The molecule has 6 N–H and O–H groups in total. The maximum absolute atomic E-state index is 15.3. The van der Waals surface area contributed by atoms with Gasteiger partial charge in [0.05, 0.1) is 26.3 Å². The van der Waals surface area contributed by atoms with E-state index >= 15 is 13.6 Å². The van der Waals surface area contributed by atoms with E-state index in [4.69, 9.17) is 14.6 Å². The van der Waals surface area contributed by atoms with Crippen LogP contribution in [0.15, 0.2) is 97.1 Å². The molecule has 0 unspecified atom stereocenters. The predicted molar refractivity (Wildman–Crippen MR) is 217 cm³/mol. The van der Waals surface area contributed by atoms with Gasteiger partial charge in [-0.25, -0.2) is 9.59 Å². The number of nitrogens with zero attached hydrogens (tertiary/aromatic N) is 1. The van der Waals surface area contributed by atoms with Gasteiger partial charge in [0.25, 0.3) is 5.91 Å². The zero-order valence-electron chi connectivity index (χ0n) is 34.4. The van der Waals surface area contributed by atoms with Crippen LogP contribution in [0, 0.1) is 5.92 Å². The first-order chi connectivity index (χ1) is 29.8. The van der Waals surface area contributed by atoms with E-state index in [1.54, 1.807) is 48.5 Å². The number of ether oxygens (including phenoxy) is 2. The van der Waals surface area contributed by atoms with Crippen LogP contribution in [0.25, 0.3) is 11.1 Å². The topological polar surface area (TPSA) is 196 Å². The largest absolute Gasteiger partial charge is 0.497 e. The Morgan fingerprint density at radius 3 is 1.81 bits per heavy atom. The van der Waals surface area contributed by atoms with E-state index in [9.17, 15) is 37.5 Å². The summed E-state index contributed by atoms with van der Waals surface area (Å²) in [5, 5.41) is 28.2. The number of amides is 5. The zero-order valence-corrected chi connectivity index (χ0v) is 34.4. The average molecular weight is 884 g/mol. The van der Waals surface area contributed by atoms with Gasteiger partial charge in [0.2, 0.25) is 11.8 Å². The second kappa shape index (κ2) is 20.0. The normalized spacial score (nSPS) is 14.3. The molecule has 336 valence electrons. The smallest absolute Gasteiger partial charge is 0.410 e. The van der Waals surface area contributed by atoms with Crippen molar-refractivity contribution in [2.24, 2.45) is 5.92 Å². The number of hydrogen-bond acceptors (Lipinski definition) is 8. The van der Waals surface area contributed by atoms with Crippen LogP contribution >= 0.6 is 0 Å². The van der Waals surface area contributed by atoms with Gasteiger partial charge in [0, 0.05) is 13.0 Å². The standard InChI is InChI=1S/C44H46F5N5O9/c1-24(2)34(37(55)44(48,49)40(58)51-23-43(45,46)47)52-39(57)35(27-17-19-28(62-3)20-18-27)53-38(56)33(21-25-13-15-26(16-14-25)22-50-41(59)60)54(42(61)63-4)36-31-11-7-5-9-29(31)30-10-6-8-12-32(30)36/h5-20,24,33-37,50,55H,21-23H2,1-4H3,(H,51,58)(H,52,57)(H,53,56)(H,59,60)/t33-,34-,35-,37+/m0/s1. The van der Waals surface area contributed by atoms with Gasteiger partial charge in [-0.2, -0.15) is 22.0 Å². The molecule has 0 aromatic heterocycles. The van der Waals surface area contributed by atoms with E-state index in [1.807, 2.05) is 24.3 Å². The van der Waals surface area contributed by atoms with Crippen molar-refractivity contribution in [3.05, 3.63) is 125 Å². The Morgan fingerprint density at radius 1 is 0.746 bits per heavy atom. The number of carbonyl (C=O) groups is 5. The van der Waals surface area contributed by atoms with E-state index in [-0.39, 0.29) is 18.5 Å². The number of methoxy groups -OCH3 is 2. The minimum absolute atomic E-state index is 0.0294. The summed E-state index contributed by atoms with van der Waals surface area (Å²) in [7, 11) is 2.51. The molecule has 4 atom stereocenters. The third kappa shape index (κ3) is 11.2. The van der Waals surface area contributed by atoms with Crippen molar-refractivity contribution in [2.45, 2.75) is 69.2 Å². The Labute approximate surface area is 358 Å². The summed E-state index contributed by atoms with van der Waals surface area (Å²) in [6, 6.07) is 20.5. The fourth-order valence-corrected chi connectivity index (χ4v) is 7.31. The number of fused-ring (bicyclic) bond motifs is 3. The molecule has 0 radical (unpaired) electrons. The highest BCUT2D eigenvalue weighted by atomic mass is 19.4. The number of carboxylic acid groups (broad SMARTS) is 1. The minimum atomic E-state index is -5.04. The number of nitrogens with one attached hydrogen (secondary N) is 4. The van der Waals surface area contributed by atoms with Gasteiger partial charge >= 0.3 is 24.3 Å². The van der Waals surface area contributed by atoms with Gasteiger partial charge in [-0.15, -0.1) is 0 Å². The molecule has 4 aromatic rings. The number of hydrogen-bond donors (Lipinski definition) is 6. The quantitative estimate of drug-likeness (QED) is 0.0702. The first kappa shape index (κ1) is 47.3. The predicted octanol–water partition coefficient (Wildman–Crippen LogP) is 5.89. The lowest BCUT2D eigenvalue weighted by Crippen LogP contribution is -2.61. The SMILES string of the molecule is COC(=O)N(C1c2ccccc2-c2ccccc21)[C@@H](Cc1ccc(CNC(=O)O)cc1)C(=O)N[C@H](C(=O)N[C@@H](C(C)C)[C@@H](O)C(F)(F)C(=O)NCC(F)(F)F)c1ccc(OC)cc1. The third-order valence-electron chi connectivity index (χ3n) is 10.5. The van der Waals surface area contributed by atoms with Crippen molar-refractivity contribution in [3.8, 4) is 16.9 Å². The second-order valence-electron chi connectivity index (χ2n) is 15.0. The van der Waals surface area contributed by atoms with Crippen molar-refractivity contribution < 1.29 is 65.6 Å². The highest BCUT2D eigenvalue weighted by Gasteiger charge is 2.52. The molecule has 5 rings (SSSR count). The summed E-state index contributed by atoms with van der Waals surface area (Å²) < 4.78 is 79.5. The molecule has 0 fully saturated rings. The molecule has 0 saturated heterocycles. The summed E-state index contributed by atoms with van der Waals surface area (Å²) in [4.78, 5) is 68.2. The molecule has 5 amide bonds. The first-order valence-electron chi connectivity index (χ1n) is 19.5. The van der Waals surface area contributed by atoms with Crippen LogP contribution < -0.4 is 26.0 Å². The maximum Gasteiger partial charge on any atom is 0.410 e. The molecule has 14 nitrogen and oxygen atoms in total. The van der Waals surface area contributed by atoms with Crippen molar-refractivity contribution in [2.75, 3.05) is 20.8 Å². The third-order valence-corrected chi connectivity index (χ3v) is 10.5. The van der Waals surface area contributed by atoms with Gasteiger partial charge in [-0.1, -0.05) is 98.8 Å². The molecule has 1 aliphatic carbocycles. The van der Waals surface area contributed by atoms with Crippen LogP contribution in [0.2, 0.25) is 0 Å². The summed E-state index contributed by atoms with van der Waals surface area (Å²) in [5.74, 6) is -10.1. The number of rotatable bonds is 17. The summed E-state index contributed by atoms with van der Waals surface area (Å²) >= 11 is 0. The Morgan fingerprint density at radius 2 is 1.30 bits per heavy atom. The molecule has 0 bridgehead atoms. The fourth-order valence-electron chi connectivity index (χ4n) is 7.31. The van der Waals surface area contributed by atoms with Gasteiger partial charge in [-0.05, 0) is 57.0 Å². The van der Waals surface area contributed by atoms with Crippen molar-refractivity contribution in [1.29, 1.82) is 0 Å². The van der Waals surface area contributed by atoms with Crippen molar-refractivity contribution >= 4 is 29.9 Å². The molecule has 1 aliphatic rings. The molecular formula is C44H46F5N5O9. The summed E-state index contributed by atoms with van der Waals surface area (Å²) in [5.41, 5.74) is 3.99. The Hall–Kier alpha value is -6.76. The van der Waals surface area contributed by atoms with Gasteiger partial charge < -0.3 is 41.0 Å². The summed E-state index contributed by atoms with van der Waals surface area (Å²) in [6.07, 6.45) is -10.5. The van der Waals surface area contributed by atoms with Crippen LogP contribution in [0.1, 0.15) is 53.7 Å². The lowest BCUT2D eigenvalue weighted by Gasteiger charge is -2.37. The second-order valence-corrected chi connectivity index (χ2v) is 15.0. The van der Waals surface area contributed by atoms with Gasteiger partial charge in [0.1, 0.15) is 30.5 Å². The Balaban J connectivity index is 1.58. The molecule has 0 heterocycles. The average Bonchev–Trinajstić information content (AvgIpc) is 3.59. The molecule has 0 spiro atoms. The monoisotopic (exact) mass is 883 g/mol. The van der Waals surface area contributed by atoms with Crippen LogP contribution in [-0.2, 0) is 32.1 Å². The lowest BCUT2D eigenvalue weighted by atomic mass is 9.92. The first-order valence-corrected chi connectivity index (χ1v) is 19.5. The number of aliphatic hydroxyl groups excluding tert-OH is 1. The lowest BCUT2D eigenvalue weighted by molar-refractivity contribution is -0.175. The van der Waals surface area contributed by atoms with Crippen LogP contribution in [0.5, 0.6) is 5.75 Å². The van der Waals surface area contributed by atoms with Crippen LogP contribution in [0.3, 0.4) is 0 Å². The Kier molecular flexibility index (Phi) is 15.0. The molecule has 0 aliphatic heterocycles. The highest BCUT2D eigenvalue weighted by molar-refractivity contribution is 5.93. The van der Waals surface area contributed by atoms with Crippen LogP contribution in [0.4, 0.5) is 31.5 Å². The van der Waals surface area contributed by atoms with E-state index in [1.165, 1.54) is 50.1 Å². The Bertz CT molecular complexity index is 2230. The highest BCUT2D eigenvalue weighted by Crippen LogP contribution is 2.47.